The van der Waals surface area contributed by atoms with Gasteiger partial charge in [-0.3, -0.25) is 4.57 Å². The first kappa shape index (κ1) is 12.6. The predicted molar refractivity (Wildman–Crippen MR) is 68.3 cm³/mol. The van der Waals surface area contributed by atoms with Crippen LogP contribution in [0.25, 0.3) is 21.6 Å². The van der Waals surface area contributed by atoms with Crippen LogP contribution in [0.2, 0.25) is 0 Å². The molecule has 1 saturated heterocycles. The Kier molecular flexibility index (Phi) is 3.11. The van der Waals surface area contributed by atoms with Crippen LogP contribution in [-0.4, -0.2) is 43.4 Å². The van der Waals surface area contributed by atoms with Gasteiger partial charge in [-0.1, -0.05) is 5.11 Å². The van der Waals surface area contributed by atoms with E-state index in [4.69, 9.17) is 16.0 Å². The summed E-state index contributed by atoms with van der Waals surface area (Å²) in [4.78, 5) is 14.8. The maximum absolute atomic E-state index is 10.2. The number of ether oxygens (including phenoxy) is 1. The number of nitrogen functional groups attached to an aromatic ring is 1. The van der Waals surface area contributed by atoms with Gasteiger partial charge in [-0.2, -0.15) is 0 Å². The third kappa shape index (κ3) is 1.92. The summed E-state index contributed by atoms with van der Waals surface area (Å²) in [7, 11) is 0. The molecular weight excluding hydrogens is 264 g/mol. The monoisotopic (exact) mass is 276 g/mol. The molecule has 1 fully saturated rings. The van der Waals surface area contributed by atoms with Crippen molar-refractivity contribution in [3.63, 3.8) is 0 Å². The number of aliphatic hydroxyl groups is 1. The zero-order valence-corrected chi connectivity index (χ0v) is 10.4. The number of nitrogens with zero attached hydrogens (tertiary/aromatic N) is 7. The lowest BCUT2D eigenvalue weighted by Gasteiger charge is -2.33. The van der Waals surface area contributed by atoms with Gasteiger partial charge >= 0.3 is 0 Å². The molecule has 3 N–H and O–H groups in total. The molecule has 0 bridgehead atoms. The van der Waals surface area contributed by atoms with Gasteiger partial charge in [0.1, 0.15) is 17.9 Å². The summed E-state index contributed by atoms with van der Waals surface area (Å²) < 4.78 is 7.11. The Morgan fingerprint density at radius 2 is 2.35 bits per heavy atom. The number of rotatable bonds is 2. The van der Waals surface area contributed by atoms with Crippen LogP contribution in [0.5, 0.6) is 0 Å². The summed E-state index contributed by atoms with van der Waals surface area (Å²) in [6, 6.07) is -0.546. The molecule has 0 aliphatic carbocycles. The molecule has 3 heterocycles. The molecule has 2 aromatic heterocycles. The number of nitrogens with two attached hydrogens (primary N) is 1. The van der Waals surface area contributed by atoms with E-state index < -0.39 is 18.4 Å². The molecule has 3 rings (SSSR count). The Bertz CT molecular complexity index is 679. The van der Waals surface area contributed by atoms with Gasteiger partial charge < -0.3 is 15.6 Å². The summed E-state index contributed by atoms with van der Waals surface area (Å²) in [6.07, 6.45) is 1.55. The quantitative estimate of drug-likeness (QED) is 0.459. The van der Waals surface area contributed by atoms with Gasteiger partial charge in [-0.05, 0) is 12.0 Å². The summed E-state index contributed by atoms with van der Waals surface area (Å²) in [6.45, 7) is 0.367. The Hall–Kier alpha value is -2.42. The molecule has 0 spiro atoms. The van der Waals surface area contributed by atoms with Crippen LogP contribution in [0.1, 0.15) is 12.6 Å². The molecule has 10 heteroatoms. The fourth-order valence-electron chi connectivity index (χ4n) is 2.26. The topological polar surface area (TPSA) is 148 Å². The van der Waals surface area contributed by atoms with Crippen LogP contribution in [0.4, 0.5) is 5.82 Å². The fourth-order valence-corrected chi connectivity index (χ4v) is 2.26. The number of hydrogen-bond donors (Lipinski definition) is 2. The van der Waals surface area contributed by atoms with Crippen molar-refractivity contribution in [3.05, 3.63) is 23.1 Å². The van der Waals surface area contributed by atoms with Crippen molar-refractivity contribution in [2.45, 2.75) is 24.8 Å². The number of azide groups is 1. The van der Waals surface area contributed by atoms with Crippen molar-refractivity contribution >= 4 is 17.0 Å². The first-order valence-electron chi connectivity index (χ1n) is 5.99. The lowest BCUT2D eigenvalue weighted by atomic mass is 10.0. The van der Waals surface area contributed by atoms with E-state index in [0.717, 1.165) is 0 Å². The van der Waals surface area contributed by atoms with Crippen molar-refractivity contribution in [2.24, 2.45) is 5.11 Å². The average molecular weight is 276 g/mol. The number of hydrogen-bond acceptors (Lipinski definition) is 7. The van der Waals surface area contributed by atoms with Gasteiger partial charge in [-0.25, -0.2) is 15.0 Å². The molecule has 10 nitrogen and oxygen atoms in total. The maximum atomic E-state index is 10.2. The van der Waals surface area contributed by atoms with Crippen molar-refractivity contribution in [3.8, 4) is 0 Å². The number of imidazole rings is 1. The lowest BCUT2D eigenvalue weighted by Crippen LogP contribution is -2.40. The van der Waals surface area contributed by atoms with Crippen LogP contribution in [0.15, 0.2) is 17.8 Å². The highest BCUT2D eigenvalue weighted by Gasteiger charge is 2.34. The standard InChI is InChI=1S/C10H12N8O2/c11-8-6-9(14-3-13-8)18(4-15-6)10-7(19)5(16-17-12)1-2-20-10/h3-5,7,10,19H,1-2H2,(H2,11,13,14)/t5-,7+,10+/m1/s1. The lowest BCUT2D eigenvalue weighted by molar-refractivity contribution is -0.121. The van der Waals surface area contributed by atoms with Crippen molar-refractivity contribution < 1.29 is 9.84 Å². The van der Waals surface area contributed by atoms with E-state index in [1.807, 2.05) is 0 Å². The normalized spacial score (nSPS) is 26.4. The summed E-state index contributed by atoms with van der Waals surface area (Å²) >= 11 is 0. The molecule has 1 aliphatic heterocycles. The van der Waals surface area contributed by atoms with Gasteiger partial charge in [-0.15, -0.1) is 0 Å². The van der Waals surface area contributed by atoms with Gasteiger partial charge in [0.05, 0.1) is 12.4 Å². The molecule has 3 atom stereocenters. The maximum Gasteiger partial charge on any atom is 0.167 e. The number of fused-ring (bicyclic) bond motifs is 1. The van der Waals surface area contributed by atoms with Crippen molar-refractivity contribution in [1.82, 2.24) is 19.5 Å². The van der Waals surface area contributed by atoms with Crippen molar-refractivity contribution in [2.75, 3.05) is 12.3 Å². The summed E-state index contributed by atoms with van der Waals surface area (Å²) in [5.74, 6) is 0.255. The molecule has 2 aromatic rings. The van der Waals surface area contributed by atoms with Gasteiger partial charge in [0.15, 0.2) is 17.7 Å². The van der Waals surface area contributed by atoms with E-state index in [9.17, 15) is 5.11 Å². The Morgan fingerprint density at radius 3 is 3.15 bits per heavy atom. The van der Waals surface area contributed by atoms with Gasteiger partial charge in [0.25, 0.3) is 0 Å². The smallest absolute Gasteiger partial charge is 0.167 e. The van der Waals surface area contributed by atoms with Crippen LogP contribution < -0.4 is 5.73 Å². The second kappa shape index (κ2) is 4.93. The van der Waals surface area contributed by atoms with Crippen LogP contribution in [0.3, 0.4) is 0 Å². The Balaban J connectivity index is 2.02. The molecular formula is C10H12N8O2. The fraction of sp³-hybridized carbons (Fsp3) is 0.500. The highest BCUT2D eigenvalue weighted by molar-refractivity contribution is 5.81. The molecule has 0 unspecified atom stereocenters. The molecule has 20 heavy (non-hydrogen) atoms. The minimum Gasteiger partial charge on any atom is -0.388 e. The highest BCUT2D eigenvalue weighted by atomic mass is 16.5. The first-order chi connectivity index (χ1) is 9.72. The zero-order valence-electron chi connectivity index (χ0n) is 10.4. The number of aliphatic hydroxyl groups excluding tert-OH is 1. The molecule has 0 aromatic carbocycles. The van der Waals surface area contributed by atoms with E-state index in [2.05, 4.69) is 25.0 Å². The first-order valence-corrected chi connectivity index (χ1v) is 5.99. The largest absolute Gasteiger partial charge is 0.388 e. The van der Waals surface area contributed by atoms with E-state index in [1.165, 1.54) is 12.7 Å². The molecule has 0 amide bonds. The minimum atomic E-state index is -0.978. The van der Waals surface area contributed by atoms with E-state index >= 15 is 0 Å². The molecule has 0 saturated carbocycles. The van der Waals surface area contributed by atoms with Gasteiger partial charge in [0.2, 0.25) is 0 Å². The second-order valence-corrected chi connectivity index (χ2v) is 4.40. The summed E-state index contributed by atoms with van der Waals surface area (Å²) in [5, 5.41) is 13.8. The molecule has 0 radical (unpaired) electrons. The molecule has 1 aliphatic rings. The average Bonchev–Trinajstić information content (AvgIpc) is 2.87. The molecule has 104 valence electrons. The van der Waals surface area contributed by atoms with Crippen LogP contribution in [-0.2, 0) is 4.74 Å². The predicted octanol–water partition coefficient (Wildman–Crippen LogP) is 0.367. The Morgan fingerprint density at radius 1 is 1.50 bits per heavy atom. The third-order valence-corrected chi connectivity index (χ3v) is 3.25. The SMILES string of the molecule is [N-]=[N+]=N[C@@H]1CCO[C@H](n2cnc3c(N)ncnc32)[C@H]1O. The minimum absolute atomic E-state index is 0.255. The van der Waals surface area contributed by atoms with Crippen molar-refractivity contribution in [1.29, 1.82) is 0 Å². The third-order valence-electron chi connectivity index (χ3n) is 3.25. The number of aromatic nitrogens is 4. The van der Waals surface area contributed by atoms with E-state index in [1.54, 1.807) is 4.57 Å². The number of anilines is 1. The van der Waals surface area contributed by atoms with E-state index in [-0.39, 0.29) is 5.82 Å². The Labute approximate surface area is 112 Å². The summed E-state index contributed by atoms with van der Waals surface area (Å²) in [5.41, 5.74) is 15.1. The zero-order chi connectivity index (χ0) is 14.1. The second-order valence-electron chi connectivity index (χ2n) is 4.40. The van der Waals surface area contributed by atoms with Crippen LogP contribution >= 0.6 is 0 Å². The van der Waals surface area contributed by atoms with E-state index in [0.29, 0.717) is 24.2 Å². The highest BCUT2D eigenvalue weighted by Crippen LogP contribution is 2.28. The van der Waals surface area contributed by atoms with Gasteiger partial charge in [0, 0.05) is 11.5 Å². The van der Waals surface area contributed by atoms with Crippen LogP contribution in [0, 0.1) is 0 Å².